The van der Waals surface area contributed by atoms with Gasteiger partial charge < -0.3 is 11.1 Å². The van der Waals surface area contributed by atoms with Gasteiger partial charge in [0.15, 0.2) is 5.78 Å². The highest BCUT2D eigenvalue weighted by Crippen LogP contribution is 2.24. The Hall–Kier alpha value is -0.550. The summed E-state index contributed by atoms with van der Waals surface area (Å²) in [4.78, 5) is 23.8. The summed E-state index contributed by atoms with van der Waals surface area (Å²) in [7, 11) is 0. The largest absolute Gasteiger partial charge is 0.355 e. The second-order valence-corrected chi connectivity index (χ2v) is 4.85. The highest BCUT2D eigenvalue weighted by molar-refractivity contribution is 7.80. The summed E-state index contributed by atoms with van der Waals surface area (Å²) in [5, 5.41) is 2.64. The molecule has 0 bridgehead atoms. The minimum Gasteiger partial charge on any atom is -0.355 e. The van der Waals surface area contributed by atoms with Crippen molar-refractivity contribution in [2.45, 2.75) is 27.2 Å². The van der Waals surface area contributed by atoms with Crippen molar-refractivity contribution >= 4 is 24.3 Å². The summed E-state index contributed by atoms with van der Waals surface area (Å²) in [6.07, 6.45) is 0.697. The molecule has 3 N–H and O–H groups in total. The molecule has 0 rings (SSSR count). The van der Waals surface area contributed by atoms with E-state index in [4.69, 9.17) is 5.73 Å². The van der Waals surface area contributed by atoms with Crippen LogP contribution in [0.1, 0.15) is 27.2 Å². The summed E-state index contributed by atoms with van der Waals surface area (Å²) in [5.74, 6) is -0.568. The van der Waals surface area contributed by atoms with Crippen molar-refractivity contribution in [2.75, 3.05) is 18.8 Å². The maximum absolute atomic E-state index is 12.1. The van der Waals surface area contributed by atoms with E-state index in [2.05, 4.69) is 17.9 Å². The standard InChI is InChI=1S/C11H22N2O2S/c1-4-11(2,3)9(14)8(7-12)10(15)13-5-6-16/h8,16H,4-7,12H2,1-3H3,(H,13,15). The number of rotatable bonds is 7. The fourth-order valence-electron chi connectivity index (χ4n) is 1.28. The number of amides is 1. The van der Waals surface area contributed by atoms with E-state index in [-0.39, 0.29) is 18.2 Å². The highest BCUT2D eigenvalue weighted by atomic mass is 32.1. The first kappa shape index (κ1) is 15.4. The molecule has 0 aliphatic heterocycles. The van der Waals surface area contributed by atoms with Crippen LogP contribution in [0.3, 0.4) is 0 Å². The van der Waals surface area contributed by atoms with Gasteiger partial charge in [0.1, 0.15) is 5.92 Å². The number of nitrogens with one attached hydrogen (secondary N) is 1. The minimum atomic E-state index is -0.741. The molecular formula is C11H22N2O2S. The Labute approximate surface area is 103 Å². The van der Waals surface area contributed by atoms with Crippen LogP contribution >= 0.6 is 12.6 Å². The van der Waals surface area contributed by atoms with Crippen molar-refractivity contribution in [2.24, 2.45) is 17.1 Å². The highest BCUT2D eigenvalue weighted by Gasteiger charge is 2.35. The Bertz CT molecular complexity index is 254. The Morgan fingerprint density at radius 2 is 2.00 bits per heavy atom. The van der Waals surface area contributed by atoms with Gasteiger partial charge in [0.25, 0.3) is 0 Å². The molecule has 0 saturated heterocycles. The van der Waals surface area contributed by atoms with Gasteiger partial charge in [-0.3, -0.25) is 9.59 Å². The number of ketones is 1. The van der Waals surface area contributed by atoms with E-state index in [1.165, 1.54) is 0 Å². The van der Waals surface area contributed by atoms with E-state index in [9.17, 15) is 9.59 Å². The fraction of sp³-hybridized carbons (Fsp3) is 0.818. The molecule has 4 nitrogen and oxygen atoms in total. The molecule has 0 fully saturated rings. The third-order valence-corrected chi connectivity index (χ3v) is 3.05. The lowest BCUT2D eigenvalue weighted by atomic mass is 9.79. The average Bonchev–Trinajstić information content (AvgIpc) is 2.27. The Morgan fingerprint density at radius 1 is 1.44 bits per heavy atom. The van der Waals surface area contributed by atoms with Crippen molar-refractivity contribution in [1.82, 2.24) is 5.32 Å². The molecule has 1 unspecified atom stereocenters. The second kappa shape index (κ2) is 6.91. The van der Waals surface area contributed by atoms with Gasteiger partial charge in [0.05, 0.1) is 0 Å². The number of thiol groups is 1. The minimum absolute atomic E-state index is 0.0562. The number of nitrogens with two attached hydrogens (primary N) is 1. The Kier molecular flexibility index (Phi) is 6.67. The normalized spacial score (nSPS) is 13.3. The molecule has 0 aliphatic rings. The lowest BCUT2D eigenvalue weighted by Crippen LogP contribution is -2.45. The maximum Gasteiger partial charge on any atom is 0.231 e. The van der Waals surface area contributed by atoms with Crippen molar-refractivity contribution in [3.8, 4) is 0 Å². The summed E-state index contributed by atoms with van der Waals surface area (Å²) in [6.45, 7) is 6.11. The molecule has 94 valence electrons. The number of carbonyl (C=O) groups is 2. The third-order valence-electron chi connectivity index (χ3n) is 2.83. The van der Waals surface area contributed by atoms with Crippen LogP contribution in [0.15, 0.2) is 0 Å². The predicted molar refractivity (Wildman–Crippen MR) is 68.5 cm³/mol. The molecule has 16 heavy (non-hydrogen) atoms. The summed E-state index contributed by atoms with van der Waals surface area (Å²) in [5.41, 5.74) is 5.00. The van der Waals surface area contributed by atoms with Crippen LogP contribution in [0.4, 0.5) is 0 Å². The average molecular weight is 246 g/mol. The molecule has 0 aromatic carbocycles. The zero-order chi connectivity index (χ0) is 12.8. The SMILES string of the molecule is CCC(C)(C)C(=O)C(CN)C(=O)NCCS. The van der Waals surface area contributed by atoms with Gasteiger partial charge in [-0.25, -0.2) is 0 Å². The maximum atomic E-state index is 12.1. The van der Waals surface area contributed by atoms with Gasteiger partial charge in [0.2, 0.25) is 5.91 Å². The Balaban J connectivity index is 4.61. The van der Waals surface area contributed by atoms with Crippen LogP contribution in [-0.4, -0.2) is 30.5 Å². The third kappa shape index (κ3) is 4.14. The number of carbonyl (C=O) groups excluding carboxylic acids is 2. The predicted octanol–water partition coefficient (Wildman–Crippen LogP) is 0.613. The molecule has 0 aromatic rings. The number of hydrogen-bond acceptors (Lipinski definition) is 4. The molecule has 0 heterocycles. The lowest BCUT2D eigenvalue weighted by Gasteiger charge is -2.25. The van der Waals surface area contributed by atoms with E-state index in [1.807, 2.05) is 20.8 Å². The quantitative estimate of drug-likeness (QED) is 0.455. The summed E-state index contributed by atoms with van der Waals surface area (Å²) >= 11 is 3.99. The fourth-order valence-corrected chi connectivity index (χ4v) is 1.39. The summed E-state index contributed by atoms with van der Waals surface area (Å²) < 4.78 is 0. The number of Topliss-reactive ketones (excluding diaryl/α,β-unsaturated/α-hetero) is 1. The monoisotopic (exact) mass is 246 g/mol. The van der Waals surface area contributed by atoms with Gasteiger partial charge in [-0.05, 0) is 6.42 Å². The van der Waals surface area contributed by atoms with E-state index in [0.717, 1.165) is 0 Å². The van der Waals surface area contributed by atoms with E-state index >= 15 is 0 Å². The van der Waals surface area contributed by atoms with E-state index in [0.29, 0.717) is 18.7 Å². The first-order chi connectivity index (χ1) is 7.40. The van der Waals surface area contributed by atoms with Crippen molar-refractivity contribution in [3.05, 3.63) is 0 Å². The molecule has 1 atom stereocenters. The second-order valence-electron chi connectivity index (χ2n) is 4.40. The lowest BCUT2D eigenvalue weighted by molar-refractivity contribution is -0.138. The van der Waals surface area contributed by atoms with Crippen molar-refractivity contribution < 1.29 is 9.59 Å². The molecule has 5 heteroatoms. The molecular weight excluding hydrogens is 224 g/mol. The van der Waals surface area contributed by atoms with Gasteiger partial charge in [0, 0.05) is 24.3 Å². The van der Waals surface area contributed by atoms with E-state index in [1.54, 1.807) is 0 Å². The summed E-state index contributed by atoms with van der Waals surface area (Å²) in [6, 6.07) is 0. The van der Waals surface area contributed by atoms with Crippen LogP contribution in [0.2, 0.25) is 0 Å². The van der Waals surface area contributed by atoms with Crippen LogP contribution in [0.25, 0.3) is 0 Å². The van der Waals surface area contributed by atoms with Gasteiger partial charge in [-0.2, -0.15) is 12.6 Å². The van der Waals surface area contributed by atoms with Gasteiger partial charge in [-0.1, -0.05) is 20.8 Å². The molecule has 0 aromatic heterocycles. The molecule has 1 amide bonds. The zero-order valence-corrected chi connectivity index (χ0v) is 11.1. The van der Waals surface area contributed by atoms with Crippen LogP contribution in [0, 0.1) is 11.3 Å². The number of hydrogen-bond donors (Lipinski definition) is 3. The molecule has 0 radical (unpaired) electrons. The molecule has 0 aliphatic carbocycles. The van der Waals surface area contributed by atoms with Crippen molar-refractivity contribution in [1.29, 1.82) is 0 Å². The zero-order valence-electron chi connectivity index (χ0n) is 10.2. The van der Waals surface area contributed by atoms with E-state index < -0.39 is 11.3 Å². The van der Waals surface area contributed by atoms with Crippen LogP contribution < -0.4 is 11.1 Å². The smallest absolute Gasteiger partial charge is 0.231 e. The van der Waals surface area contributed by atoms with Crippen LogP contribution in [0.5, 0.6) is 0 Å². The van der Waals surface area contributed by atoms with Gasteiger partial charge >= 0.3 is 0 Å². The topological polar surface area (TPSA) is 72.2 Å². The first-order valence-electron chi connectivity index (χ1n) is 5.53. The molecule has 0 spiro atoms. The van der Waals surface area contributed by atoms with Crippen molar-refractivity contribution in [3.63, 3.8) is 0 Å². The molecule has 0 saturated carbocycles. The first-order valence-corrected chi connectivity index (χ1v) is 6.16. The van der Waals surface area contributed by atoms with Crippen LogP contribution in [-0.2, 0) is 9.59 Å². The van der Waals surface area contributed by atoms with Gasteiger partial charge in [-0.15, -0.1) is 0 Å². The Morgan fingerprint density at radius 3 is 2.38 bits per heavy atom.